The fourth-order valence-electron chi connectivity index (χ4n) is 2.12. The van der Waals surface area contributed by atoms with E-state index in [1.807, 2.05) is 18.4 Å². The van der Waals surface area contributed by atoms with Crippen LogP contribution in [0.3, 0.4) is 0 Å². The number of hydrogen-bond acceptors (Lipinski definition) is 4. The second-order valence-corrected chi connectivity index (χ2v) is 5.38. The molecule has 0 bridgehead atoms. The number of morpholine rings is 1. The summed E-state index contributed by atoms with van der Waals surface area (Å²) in [5, 5.41) is 5.52. The summed E-state index contributed by atoms with van der Waals surface area (Å²) in [5.41, 5.74) is 0. The first-order valence-corrected chi connectivity index (χ1v) is 6.67. The molecule has 16 heavy (non-hydrogen) atoms. The van der Waals surface area contributed by atoms with Gasteiger partial charge in [-0.25, -0.2) is 0 Å². The van der Waals surface area contributed by atoms with Crippen molar-refractivity contribution >= 4 is 11.3 Å². The summed E-state index contributed by atoms with van der Waals surface area (Å²) < 4.78 is 5.85. The Hall–Kier alpha value is -0.420. The van der Waals surface area contributed by atoms with Gasteiger partial charge in [-0.2, -0.15) is 0 Å². The predicted molar refractivity (Wildman–Crippen MR) is 68.1 cm³/mol. The van der Waals surface area contributed by atoms with E-state index in [-0.39, 0.29) is 0 Å². The number of nitrogens with one attached hydrogen (secondary N) is 1. The van der Waals surface area contributed by atoms with E-state index in [0.717, 1.165) is 26.1 Å². The maximum absolute atomic E-state index is 5.85. The quantitative estimate of drug-likeness (QED) is 0.856. The van der Waals surface area contributed by atoms with E-state index >= 15 is 0 Å². The molecule has 2 unspecified atom stereocenters. The molecule has 2 rings (SSSR count). The second kappa shape index (κ2) is 5.77. The maximum atomic E-state index is 5.85. The molecule has 1 saturated heterocycles. The van der Waals surface area contributed by atoms with Gasteiger partial charge in [-0.05, 0) is 32.0 Å². The lowest BCUT2D eigenvalue weighted by atomic mass is 10.1. The fraction of sp³-hybridized carbons (Fsp3) is 0.667. The number of nitrogens with zero attached hydrogens (tertiary/aromatic N) is 1. The lowest BCUT2D eigenvalue weighted by molar-refractivity contribution is -0.0370. The summed E-state index contributed by atoms with van der Waals surface area (Å²) in [7, 11) is 4.18. The van der Waals surface area contributed by atoms with Gasteiger partial charge in [0.2, 0.25) is 0 Å². The van der Waals surface area contributed by atoms with E-state index in [0.29, 0.717) is 12.1 Å². The van der Waals surface area contributed by atoms with Gasteiger partial charge < -0.3 is 15.0 Å². The molecule has 4 heteroatoms. The molecule has 3 nitrogen and oxygen atoms in total. The van der Waals surface area contributed by atoms with Crippen LogP contribution in [0.2, 0.25) is 0 Å². The van der Waals surface area contributed by atoms with E-state index in [9.17, 15) is 0 Å². The van der Waals surface area contributed by atoms with Crippen LogP contribution in [0.4, 0.5) is 0 Å². The molecule has 0 radical (unpaired) electrons. The van der Waals surface area contributed by atoms with Gasteiger partial charge in [-0.15, -0.1) is 11.3 Å². The summed E-state index contributed by atoms with van der Waals surface area (Å²) >= 11 is 1.82. The van der Waals surface area contributed by atoms with Crippen LogP contribution in [0, 0.1) is 0 Å². The fourth-order valence-corrected chi connectivity index (χ4v) is 2.88. The van der Waals surface area contributed by atoms with Crippen molar-refractivity contribution in [3.05, 3.63) is 22.4 Å². The van der Waals surface area contributed by atoms with E-state index in [2.05, 4.69) is 34.8 Å². The van der Waals surface area contributed by atoms with E-state index in [1.54, 1.807) is 0 Å². The highest BCUT2D eigenvalue weighted by Gasteiger charge is 2.25. The summed E-state index contributed by atoms with van der Waals surface area (Å²) in [5.74, 6) is 0. The summed E-state index contributed by atoms with van der Waals surface area (Å²) in [6.07, 6.45) is 1.37. The number of likely N-dealkylation sites (N-methyl/N-ethyl adjacent to an activating group) is 2. The molecule has 90 valence electrons. The predicted octanol–water partition coefficient (Wildman–Crippen LogP) is 1.21. The van der Waals surface area contributed by atoms with Crippen molar-refractivity contribution in [3.63, 3.8) is 0 Å². The number of rotatable bonds is 4. The zero-order valence-corrected chi connectivity index (χ0v) is 10.8. The highest BCUT2D eigenvalue weighted by Crippen LogP contribution is 2.16. The molecule has 1 N–H and O–H groups in total. The van der Waals surface area contributed by atoms with Crippen molar-refractivity contribution in [1.29, 1.82) is 0 Å². The van der Waals surface area contributed by atoms with Crippen molar-refractivity contribution in [2.75, 3.05) is 33.8 Å². The van der Waals surface area contributed by atoms with Gasteiger partial charge in [0.25, 0.3) is 0 Å². The van der Waals surface area contributed by atoms with Gasteiger partial charge in [0.15, 0.2) is 0 Å². The number of ether oxygens (including phenoxy) is 1. The first-order chi connectivity index (χ1) is 7.79. The van der Waals surface area contributed by atoms with Gasteiger partial charge in [0.1, 0.15) is 0 Å². The molecule has 0 aliphatic carbocycles. The molecular weight excluding hydrogens is 220 g/mol. The highest BCUT2D eigenvalue weighted by atomic mass is 32.1. The Balaban J connectivity index is 1.93. The third-order valence-corrected chi connectivity index (χ3v) is 4.02. The smallest absolute Gasteiger partial charge is 0.0858 e. The van der Waals surface area contributed by atoms with Crippen molar-refractivity contribution in [2.24, 2.45) is 0 Å². The monoisotopic (exact) mass is 240 g/mol. The van der Waals surface area contributed by atoms with Crippen LogP contribution in [-0.4, -0.2) is 50.8 Å². The van der Waals surface area contributed by atoms with E-state index < -0.39 is 0 Å². The number of thiophene rings is 1. The third kappa shape index (κ3) is 3.04. The topological polar surface area (TPSA) is 24.5 Å². The molecule has 0 amide bonds. The zero-order chi connectivity index (χ0) is 11.4. The van der Waals surface area contributed by atoms with Gasteiger partial charge >= 0.3 is 0 Å². The van der Waals surface area contributed by atoms with Crippen LogP contribution in [0.25, 0.3) is 0 Å². The SMILES string of the molecule is CNC(Cc1cccs1)C1CN(C)CCO1. The molecule has 0 spiro atoms. The van der Waals surface area contributed by atoms with Crippen molar-refractivity contribution in [3.8, 4) is 0 Å². The maximum Gasteiger partial charge on any atom is 0.0858 e. The molecule has 1 aliphatic heterocycles. The lowest BCUT2D eigenvalue weighted by Gasteiger charge is -2.35. The summed E-state index contributed by atoms with van der Waals surface area (Å²) in [6, 6.07) is 4.73. The van der Waals surface area contributed by atoms with Crippen molar-refractivity contribution in [2.45, 2.75) is 18.6 Å². The minimum absolute atomic E-state index is 0.311. The van der Waals surface area contributed by atoms with Crippen LogP contribution in [0.5, 0.6) is 0 Å². The van der Waals surface area contributed by atoms with Crippen molar-refractivity contribution in [1.82, 2.24) is 10.2 Å². The lowest BCUT2D eigenvalue weighted by Crippen LogP contribution is -2.51. The summed E-state index contributed by atoms with van der Waals surface area (Å²) in [4.78, 5) is 3.77. The standard InChI is InChI=1S/C12H20N2OS/c1-13-11(8-10-4-3-7-16-10)12-9-14(2)5-6-15-12/h3-4,7,11-13H,5-6,8-9H2,1-2H3. The Bertz CT molecular complexity index is 302. The third-order valence-electron chi connectivity index (χ3n) is 3.12. The van der Waals surface area contributed by atoms with Crippen molar-refractivity contribution < 1.29 is 4.74 Å². The van der Waals surface area contributed by atoms with Crippen LogP contribution in [-0.2, 0) is 11.2 Å². The Morgan fingerprint density at radius 2 is 2.56 bits per heavy atom. The first-order valence-electron chi connectivity index (χ1n) is 5.79. The highest BCUT2D eigenvalue weighted by molar-refractivity contribution is 7.09. The van der Waals surface area contributed by atoms with Gasteiger partial charge in [0.05, 0.1) is 12.7 Å². The molecule has 0 saturated carbocycles. The van der Waals surface area contributed by atoms with Crippen LogP contribution in [0.1, 0.15) is 4.88 Å². The minimum Gasteiger partial charge on any atom is -0.374 e. The largest absolute Gasteiger partial charge is 0.374 e. The first kappa shape index (κ1) is 12.0. The Morgan fingerprint density at radius 1 is 1.69 bits per heavy atom. The Morgan fingerprint density at radius 3 is 3.19 bits per heavy atom. The average Bonchev–Trinajstić information content (AvgIpc) is 2.78. The van der Waals surface area contributed by atoms with E-state index in [1.165, 1.54) is 4.88 Å². The Kier molecular flexibility index (Phi) is 4.35. The molecule has 2 atom stereocenters. The molecule has 2 heterocycles. The molecule has 1 aliphatic rings. The number of hydrogen-bond donors (Lipinski definition) is 1. The normalized spacial score (nSPS) is 24.5. The zero-order valence-electron chi connectivity index (χ0n) is 9.98. The second-order valence-electron chi connectivity index (χ2n) is 4.35. The van der Waals surface area contributed by atoms with Gasteiger partial charge in [-0.1, -0.05) is 6.07 Å². The molecule has 1 aromatic heterocycles. The van der Waals surface area contributed by atoms with Gasteiger partial charge in [-0.3, -0.25) is 0 Å². The molecule has 1 aromatic rings. The average molecular weight is 240 g/mol. The molecular formula is C12H20N2OS. The van der Waals surface area contributed by atoms with Gasteiger partial charge in [0, 0.05) is 24.0 Å². The minimum atomic E-state index is 0.311. The molecule has 1 fully saturated rings. The van der Waals surface area contributed by atoms with Crippen LogP contribution < -0.4 is 5.32 Å². The van der Waals surface area contributed by atoms with Crippen LogP contribution in [0.15, 0.2) is 17.5 Å². The summed E-state index contributed by atoms with van der Waals surface area (Å²) in [6.45, 7) is 2.92. The molecule has 0 aromatic carbocycles. The van der Waals surface area contributed by atoms with Crippen LogP contribution >= 0.6 is 11.3 Å². The van der Waals surface area contributed by atoms with E-state index in [4.69, 9.17) is 4.74 Å². The Labute approximate surface area is 101 Å².